The Morgan fingerprint density at radius 1 is 1.24 bits per heavy atom. The molecule has 0 unspecified atom stereocenters. The number of ether oxygens (including phenoxy) is 1. The van der Waals surface area contributed by atoms with Crippen molar-refractivity contribution < 1.29 is 9.84 Å². The molecule has 0 spiro atoms. The molecule has 94 valence electrons. The summed E-state index contributed by atoms with van der Waals surface area (Å²) in [5.74, 6) is 1.20. The van der Waals surface area contributed by atoms with Crippen molar-refractivity contribution in [2.45, 2.75) is 57.7 Å². The normalized spacial score (nSPS) is 24.9. The molecule has 2 rings (SSSR count). The maximum Gasteiger partial charge on any atom is 0.119 e. The standard InChI is InChI=1S/C15H22O2/c1-11(2)17-13-7-5-6-12(10-13)14-8-3-4-9-15(14)16/h5-7,10-11,14-16H,3-4,8-9H2,1-2H3/t14-,15+/m0/s1. The van der Waals surface area contributed by atoms with Crippen molar-refractivity contribution in [2.75, 3.05) is 0 Å². The van der Waals surface area contributed by atoms with Crippen LogP contribution in [0.15, 0.2) is 24.3 Å². The van der Waals surface area contributed by atoms with Crippen LogP contribution >= 0.6 is 0 Å². The molecular formula is C15H22O2. The summed E-state index contributed by atoms with van der Waals surface area (Å²) in [6, 6.07) is 8.19. The third-order valence-electron chi connectivity index (χ3n) is 3.39. The molecule has 0 amide bonds. The molecule has 0 aliphatic heterocycles. The fourth-order valence-corrected chi connectivity index (χ4v) is 2.59. The molecule has 0 radical (unpaired) electrons. The molecular weight excluding hydrogens is 212 g/mol. The summed E-state index contributed by atoms with van der Waals surface area (Å²) in [5, 5.41) is 10.1. The molecule has 1 aromatic carbocycles. The van der Waals surface area contributed by atoms with Crippen LogP contribution in [0.1, 0.15) is 51.0 Å². The molecule has 1 fully saturated rings. The molecule has 0 saturated heterocycles. The van der Waals surface area contributed by atoms with Crippen LogP contribution in [-0.2, 0) is 0 Å². The van der Waals surface area contributed by atoms with Crippen LogP contribution in [0.3, 0.4) is 0 Å². The Balaban J connectivity index is 2.14. The number of aliphatic hydroxyl groups excluding tert-OH is 1. The summed E-state index contributed by atoms with van der Waals surface area (Å²) in [5.41, 5.74) is 1.22. The van der Waals surface area contributed by atoms with Crippen molar-refractivity contribution in [3.63, 3.8) is 0 Å². The minimum atomic E-state index is -0.182. The van der Waals surface area contributed by atoms with Gasteiger partial charge in [0.25, 0.3) is 0 Å². The Labute approximate surface area is 104 Å². The maximum atomic E-state index is 10.1. The molecule has 2 heteroatoms. The minimum absolute atomic E-state index is 0.182. The minimum Gasteiger partial charge on any atom is -0.491 e. The topological polar surface area (TPSA) is 29.5 Å². The zero-order chi connectivity index (χ0) is 12.3. The number of aliphatic hydroxyl groups is 1. The Morgan fingerprint density at radius 3 is 2.71 bits per heavy atom. The van der Waals surface area contributed by atoms with Crippen molar-refractivity contribution in [2.24, 2.45) is 0 Å². The van der Waals surface area contributed by atoms with Gasteiger partial charge in [-0.15, -0.1) is 0 Å². The van der Waals surface area contributed by atoms with Crippen LogP contribution in [0.25, 0.3) is 0 Å². The zero-order valence-corrected chi connectivity index (χ0v) is 10.7. The summed E-state index contributed by atoms with van der Waals surface area (Å²) >= 11 is 0. The van der Waals surface area contributed by atoms with E-state index in [1.165, 1.54) is 12.0 Å². The van der Waals surface area contributed by atoms with Crippen molar-refractivity contribution in [3.05, 3.63) is 29.8 Å². The highest BCUT2D eigenvalue weighted by Gasteiger charge is 2.24. The van der Waals surface area contributed by atoms with Crippen LogP contribution in [0.2, 0.25) is 0 Å². The molecule has 1 saturated carbocycles. The molecule has 0 aromatic heterocycles. The summed E-state index contributed by atoms with van der Waals surface area (Å²) in [4.78, 5) is 0. The van der Waals surface area contributed by atoms with Gasteiger partial charge in [-0.1, -0.05) is 25.0 Å². The molecule has 0 bridgehead atoms. The van der Waals surface area contributed by atoms with Gasteiger partial charge in [0.1, 0.15) is 5.75 Å². The van der Waals surface area contributed by atoms with Gasteiger partial charge >= 0.3 is 0 Å². The van der Waals surface area contributed by atoms with Gasteiger partial charge in [0.05, 0.1) is 12.2 Å². The molecule has 17 heavy (non-hydrogen) atoms. The van der Waals surface area contributed by atoms with Crippen LogP contribution in [0.5, 0.6) is 5.75 Å². The predicted molar refractivity (Wildman–Crippen MR) is 69.4 cm³/mol. The average Bonchev–Trinajstić information content (AvgIpc) is 2.29. The number of rotatable bonds is 3. The van der Waals surface area contributed by atoms with E-state index in [-0.39, 0.29) is 12.2 Å². The molecule has 0 heterocycles. The Morgan fingerprint density at radius 2 is 2.00 bits per heavy atom. The monoisotopic (exact) mass is 234 g/mol. The van der Waals surface area contributed by atoms with E-state index >= 15 is 0 Å². The highest BCUT2D eigenvalue weighted by Crippen LogP contribution is 2.34. The van der Waals surface area contributed by atoms with E-state index in [9.17, 15) is 5.11 Å². The largest absolute Gasteiger partial charge is 0.491 e. The number of benzene rings is 1. The molecule has 1 aromatic rings. The van der Waals surface area contributed by atoms with Gasteiger partial charge in [0, 0.05) is 5.92 Å². The van der Waals surface area contributed by atoms with Crippen LogP contribution in [0.4, 0.5) is 0 Å². The van der Waals surface area contributed by atoms with Crippen molar-refractivity contribution in [3.8, 4) is 5.75 Å². The molecule has 1 N–H and O–H groups in total. The van der Waals surface area contributed by atoms with E-state index in [4.69, 9.17) is 4.74 Å². The summed E-state index contributed by atoms with van der Waals surface area (Å²) in [6.45, 7) is 4.06. The van der Waals surface area contributed by atoms with Gasteiger partial charge in [0.15, 0.2) is 0 Å². The molecule has 1 aliphatic rings. The fraction of sp³-hybridized carbons (Fsp3) is 0.600. The first kappa shape index (κ1) is 12.4. The van der Waals surface area contributed by atoms with E-state index in [2.05, 4.69) is 12.1 Å². The molecule has 1 aliphatic carbocycles. The average molecular weight is 234 g/mol. The lowest BCUT2D eigenvalue weighted by Gasteiger charge is -2.28. The van der Waals surface area contributed by atoms with E-state index in [0.29, 0.717) is 5.92 Å². The van der Waals surface area contributed by atoms with Gasteiger partial charge in [-0.3, -0.25) is 0 Å². The molecule has 2 atom stereocenters. The van der Waals surface area contributed by atoms with Crippen LogP contribution in [0, 0.1) is 0 Å². The first-order chi connectivity index (χ1) is 8.16. The fourth-order valence-electron chi connectivity index (χ4n) is 2.59. The first-order valence-corrected chi connectivity index (χ1v) is 6.61. The smallest absolute Gasteiger partial charge is 0.119 e. The van der Waals surface area contributed by atoms with Gasteiger partial charge in [0.2, 0.25) is 0 Å². The maximum absolute atomic E-state index is 10.1. The predicted octanol–water partition coefficient (Wildman–Crippen LogP) is 3.49. The van der Waals surface area contributed by atoms with E-state index in [1.54, 1.807) is 0 Å². The van der Waals surface area contributed by atoms with Crippen LogP contribution < -0.4 is 4.74 Å². The van der Waals surface area contributed by atoms with E-state index in [1.807, 2.05) is 26.0 Å². The second kappa shape index (κ2) is 5.54. The lowest BCUT2D eigenvalue weighted by Crippen LogP contribution is -2.22. The van der Waals surface area contributed by atoms with Crippen molar-refractivity contribution in [1.29, 1.82) is 0 Å². The Kier molecular flexibility index (Phi) is 4.06. The summed E-state index contributed by atoms with van der Waals surface area (Å²) < 4.78 is 5.70. The van der Waals surface area contributed by atoms with E-state index < -0.39 is 0 Å². The van der Waals surface area contributed by atoms with E-state index in [0.717, 1.165) is 25.0 Å². The Hall–Kier alpha value is -1.02. The lowest BCUT2D eigenvalue weighted by molar-refractivity contribution is 0.106. The highest BCUT2D eigenvalue weighted by atomic mass is 16.5. The summed E-state index contributed by atoms with van der Waals surface area (Å²) in [7, 11) is 0. The zero-order valence-electron chi connectivity index (χ0n) is 10.7. The van der Waals surface area contributed by atoms with Crippen molar-refractivity contribution >= 4 is 0 Å². The highest BCUT2D eigenvalue weighted by molar-refractivity contribution is 5.31. The second-order valence-corrected chi connectivity index (χ2v) is 5.20. The van der Waals surface area contributed by atoms with Gasteiger partial charge < -0.3 is 9.84 Å². The Bertz CT molecular complexity index is 360. The molecule has 2 nitrogen and oxygen atoms in total. The van der Waals surface area contributed by atoms with Gasteiger partial charge in [-0.25, -0.2) is 0 Å². The van der Waals surface area contributed by atoms with Crippen LogP contribution in [-0.4, -0.2) is 17.3 Å². The lowest BCUT2D eigenvalue weighted by atomic mass is 9.82. The van der Waals surface area contributed by atoms with Crippen molar-refractivity contribution in [1.82, 2.24) is 0 Å². The number of hydrogen-bond donors (Lipinski definition) is 1. The third kappa shape index (κ3) is 3.22. The SMILES string of the molecule is CC(C)Oc1cccc([C@@H]2CCCC[C@H]2O)c1. The van der Waals surface area contributed by atoms with Gasteiger partial charge in [-0.2, -0.15) is 0 Å². The quantitative estimate of drug-likeness (QED) is 0.867. The number of hydrogen-bond acceptors (Lipinski definition) is 2. The second-order valence-electron chi connectivity index (χ2n) is 5.20. The third-order valence-corrected chi connectivity index (χ3v) is 3.39. The first-order valence-electron chi connectivity index (χ1n) is 6.61. The van der Waals surface area contributed by atoms with Gasteiger partial charge in [-0.05, 0) is 44.4 Å². The summed E-state index contributed by atoms with van der Waals surface area (Å²) in [6.07, 6.45) is 4.41.